The van der Waals surface area contributed by atoms with Gasteiger partial charge in [-0.05, 0) is 12.8 Å². The van der Waals surface area contributed by atoms with Crippen molar-refractivity contribution in [2.75, 3.05) is 37.0 Å². The summed E-state index contributed by atoms with van der Waals surface area (Å²) in [7, 11) is 3.89. The minimum Gasteiger partial charge on any atom is -0.347 e. The Morgan fingerprint density at radius 2 is 2.04 bits per heavy atom. The number of rotatable bonds is 4. The van der Waals surface area contributed by atoms with Crippen LogP contribution in [-0.4, -0.2) is 62.8 Å². The minimum atomic E-state index is 0.254. The van der Waals surface area contributed by atoms with Crippen LogP contribution in [-0.2, 0) is 0 Å². The number of anilines is 2. The maximum Gasteiger partial charge on any atom is 0.230 e. The normalized spacial score (nSPS) is 18.5. The van der Waals surface area contributed by atoms with E-state index in [0.29, 0.717) is 5.95 Å². The average molecular weight is 317 g/mol. The Morgan fingerprint density at radius 1 is 1.22 bits per heavy atom. The van der Waals surface area contributed by atoms with Gasteiger partial charge in [0.15, 0.2) is 5.82 Å². The second-order valence-corrected chi connectivity index (χ2v) is 6.40. The van der Waals surface area contributed by atoms with Gasteiger partial charge in [0.1, 0.15) is 5.82 Å². The molecule has 0 aromatic carbocycles. The first-order valence-corrected chi connectivity index (χ1v) is 7.96. The van der Waals surface area contributed by atoms with E-state index < -0.39 is 0 Å². The molecular weight excluding hydrogens is 294 g/mol. The Balaban J connectivity index is 1.87. The fraction of sp³-hybridized carbons (Fsp3) is 0.714. The lowest BCUT2D eigenvalue weighted by Gasteiger charge is -2.31. The van der Waals surface area contributed by atoms with E-state index in [1.807, 2.05) is 19.0 Å². The van der Waals surface area contributed by atoms with E-state index in [0.717, 1.165) is 43.5 Å². The zero-order valence-electron chi connectivity index (χ0n) is 14.1. The maximum atomic E-state index is 4.67. The summed E-state index contributed by atoms with van der Waals surface area (Å²) in [4.78, 5) is 17.9. The Hall–Kier alpha value is -2.32. The summed E-state index contributed by atoms with van der Waals surface area (Å²) in [5.41, 5.74) is 0. The monoisotopic (exact) mass is 317 g/mol. The summed E-state index contributed by atoms with van der Waals surface area (Å²) in [6.07, 6.45) is 2.11. The molecule has 1 aliphatic heterocycles. The molecule has 0 radical (unpaired) electrons. The maximum absolute atomic E-state index is 4.67. The minimum absolute atomic E-state index is 0.254. The quantitative estimate of drug-likeness (QED) is 0.890. The largest absolute Gasteiger partial charge is 0.347 e. The number of H-pyrrole nitrogens is 1. The van der Waals surface area contributed by atoms with Crippen LogP contribution in [0.1, 0.15) is 50.2 Å². The first kappa shape index (κ1) is 15.6. The van der Waals surface area contributed by atoms with Crippen molar-refractivity contribution < 1.29 is 0 Å². The number of hydrogen-bond acceptors (Lipinski definition) is 8. The van der Waals surface area contributed by atoms with E-state index in [1.165, 1.54) is 0 Å². The molecule has 2 aromatic heterocycles. The molecule has 3 heterocycles. The predicted molar refractivity (Wildman–Crippen MR) is 86.6 cm³/mol. The van der Waals surface area contributed by atoms with Crippen molar-refractivity contribution in [1.82, 2.24) is 35.6 Å². The predicted octanol–water partition coefficient (Wildman–Crippen LogP) is 0.958. The number of piperidine rings is 1. The van der Waals surface area contributed by atoms with Gasteiger partial charge in [0.05, 0.1) is 0 Å². The van der Waals surface area contributed by atoms with Crippen molar-refractivity contribution in [1.29, 1.82) is 0 Å². The second-order valence-electron chi connectivity index (χ2n) is 6.40. The standard InChI is InChI=1S/C14H23N9/c1-9(2)11-15-13(22(3)4)17-14(16-11)23-7-5-6-10(8-23)12-18-20-21-19-12/h9-10H,5-8H2,1-4H3,(H,18,19,20,21)/t10-/m1/s1. The number of aromatic amines is 1. The van der Waals surface area contributed by atoms with Crippen LogP contribution >= 0.6 is 0 Å². The second kappa shape index (κ2) is 6.43. The van der Waals surface area contributed by atoms with Crippen molar-refractivity contribution in [3.63, 3.8) is 0 Å². The summed E-state index contributed by atoms with van der Waals surface area (Å²) in [6, 6.07) is 0. The molecule has 1 atom stereocenters. The molecule has 0 aliphatic carbocycles. The Bertz CT molecular complexity index is 611. The van der Waals surface area contributed by atoms with Gasteiger partial charge in [-0.2, -0.15) is 20.2 Å². The van der Waals surface area contributed by atoms with E-state index in [9.17, 15) is 0 Å². The van der Waals surface area contributed by atoms with Crippen LogP contribution in [0.3, 0.4) is 0 Å². The smallest absolute Gasteiger partial charge is 0.230 e. The van der Waals surface area contributed by atoms with Gasteiger partial charge in [-0.25, -0.2) is 0 Å². The topological polar surface area (TPSA) is 99.6 Å². The highest BCUT2D eigenvalue weighted by Gasteiger charge is 2.27. The summed E-state index contributed by atoms with van der Waals surface area (Å²) >= 11 is 0. The molecule has 3 rings (SSSR count). The first-order chi connectivity index (χ1) is 11.0. The number of nitrogens with one attached hydrogen (secondary N) is 1. The molecule has 0 saturated carbocycles. The van der Waals surface area contributed by atoms with E-state index in [-0.39, 0.29) is 11.8 Å². The highest BCUT2D eigenvalue weighted by molar-refractivity contribution is 5.39. The number of nitrogens with zero attached hydrogens (tertiary/aromatic N) is 8. The molecule has 9 nitrogen and oxygen atoms in total. The van der Waals surface area contributed by atoms with Gasteiger partial charge < -0.3 is 9.80 Å². The van der Waals surface area contributed by atoms with Crippen molar-refractivity contribution in [2.24, 2.45) is 0 Å². The molecule has 1 saturated heterocycles. The number of tetrazole rings is 1. The molecule has 1 aliphatic rings. The SMILES string of the molecule is CC(C)c1nc(N(C)C)nc(N2CCC[C@@H](c3nn[nH]n3)C2)n1. The Labute approximate surface area is 135 Å². The third kappa shape index (κ3) is 3.38. The van der Waals surface area contributed by atoms with Crippen LogP contribution in [0, 0.1) is 0 Å². The molecule has 0 amide bonds. The van der Waals surface area contributed by atoms with Crippen LogP contribution in [0.25, 0.3) is 0 Å². The van der Waals surface area contributed by atoms with Crippen LogP contribution < -0.4 is 9.80 Å². The molecule has 0 spiro atoms. The van der Waals surface area contributed by atoms with Gasteiger partial charge in [-0.3, -0.25) is 0 Å². The average Bonchev–Trinajstić information content (AvgIpc) is 3.09. The zero-order chi connectivity index (χ0) is 16.4. The molecule has 124 valence electrons. The summed E-state index contributed by atoms with van der Waals surface area (Å²) in [5, 5.41) is 14.4. The Kier molecular flexibility index (Phi) is 4.35. The van der Waals surface area contributed by atoms with Gasteiger partial charge in [-0.1, -0.05) is 19.1 Å². The number of hydrogen-bond donors (Lipinski definition) is 1. The van der Waals surface area contributed by atoms with Crippen molar-refractivity contribution in [2.45, 2.75) is 38.5 Å². The molecular formula is C14H23N9. The van der Waals surface area contributed by atoms with Crippen molar-refractivity contribution in [3.8, 4) is 0 Å². The molecule has 0 bridgehead atoms. The van der Waals surface area contributed by atoms with Gasteiger partial charge in [-0.15, -0.1) is 10.2 Å². The van der Waals surface area contributed by atoms with Crippen LogP contribution in [0.4, 0.5) is 11.9 Å². The van der Waals surface area contributed by atoms with Crippen molar-refractivity contribution >= 4 is 11.9 Å². The van der Waals surface area contributed by atoms with E-state index in [2.05, 4.69) is 54.3 Å². The fourth-order valence-electron chi connectivity index (χ4n) is 2.68. The summed E-state index contributed by atoms with van der Waals surface area (Å²) < 4.78 is 0. The molecule has 1 fully saturated rings. The number of aromatic nitrogens is 7. The van der Waals surface area contributed by atoms with E-state index in [1.54, 1.807) is 0 Å². The molecule has 0 unspecified atom stereocenters. The third-order valence-corrected chi connectivity index (χ3v) is 3.98. The lowest BCUT2D eigenvalue weighted by Crippen LogP contribution is -2.36. The third-order valence-electron chi connectivity index (χ3n) is 3.98. The molecule has 1 N–H and O–H groups in total. The zero-order valence-corrected chi connectivity index (χ0v) is 14.1. The lowest BCUT2D eigenvalue weighted by molar-refractivity contribution is 0.484. The summed E-state index contributed by atoms with van der Waals surface area (Å²) in [6.45, 7) is 5.92. The van der Waals surface area contributed by atoms with Gasteiger partial charge in [0, 0.05) is 39.0 Å². The highest BCUT2D eigenvalue weighted by atomic mass is 15.5. The molecule has 9 heteroatoms. The Morgan fingerprint density at radius 3 is 2.70 bits per heavy atom. The lowest BCUT2D eigenvalue weighted by atomic mass is 9.98. The van der Waals surface area contributed by atoms with Crippen LogP contribution in [0.5, 0.6) is 0 Å². The molecule has 2 aromatic rings. The van der Waals surface area contributed by atoms with Gasteiger partial charge in [0.2, 0.25) is 11.9 Å². The van der Waals surface area contributed by atoms with E-state index in [4.69, 9.17) is 0 Å². The summed E-state index contributed by atoms with van der Waals surface area (Å²) in [5.74, 6) is 3.53. The van der Waals surface area contributed by atoms with Crippen LogP contribution in [0.2, 0.25) is 0 Å². The van der Waals surface area contributed by atoms with Gasteiger partial charge >= 0.3 is 0 Å². The van der Waals surface area contributed by atoms with Crippen molar-refractivity contribution in [3.05, 3.63) is 11.6 Å². The highest BCUT2D eigenvalue weighted by Crippen LogP contribution is 2.27. The molecule has 23 heavy (non-hydrogen) atoms. The van der Waals surface area contributed by atoms with E-state index >= 15 is 0 Å². The van der Waals surface area contributed by atoms with Gasteiger partial charge in [0.25, 0.3) is 0 Å². The first-order valence-electron chi connectivity index (χ1n) is 7.96. The fourth-order valence-corrected chi connectivity index (χ4v) is 2.68. The van der Waals surface area contributed by atoms with Crippen LogP contribution in [0.15, 0.2) is 0 Å².